The predicted octanol–water partition coefficient (Wildman–Crippen LogP) is 3.43. The Morgan fingerprint density at radius 2 is 1.59 bits per heavy atom. The number of piperidine rings is 1. The first-order chi connectivity index (χ1) is 16.3. The second-order valence-electron chi connectivity index (χ2n) is 9.38. The molecule has 34 heavy (non-hydrogen) atoms. The number of carbonyl (C=O) groups excluding carboxylic acids is 2. The Bertz CT molecular complexity index is 1000. The standard InChI is InChI=1S/C26H31F2N3O3/c1-29-13-15-30(16-14-29)24(32)18-26(19-34-21-5-3-2-4-6-21)9-11-31(12-10-26)25(33)22-8-7-20(27)17-23(22)28/h2-8,17H,9-16,18-19H2,1H3. The van der Waals surface area contributed by atoms with Gasteiger partial charge < -0.3 is 19.4 Å². The van der Waals surface area contributed by atoms with Gasteiger partial charge in [-0.2, -0.15) is 0 Å². The van der Waals surface area contributed by atoms with Gasteiger partial charge in [0, 0.05) is 57.2 Å². The predicted molar refractivity (Wildman–Crippen MR) is 125 cm³/mol. The molecule has 182 valence electrons. The Kier molecular flexibility index (Phi) is 7.46. The summed E-state index contributed by atoms with van der Waals surface area (Å²) in [6, 6.07) is 12.5. The molecule has 0 spiro atoms. The average Bonchev–Trinajstić information content (AvgIpc) is 2.84. The van der Waals surface area contributed by atoms with Gasteiger partial charge in [0.1, 0.15) is 17.4 Å². The van der Waals surface area contributed by atoms with Gasteiger partial charge in [-0.15, -0.1) is 0 Å². The van der Waals surface area contributed by atoms with Crippen molar-refractivity contribution in [1.29, 1.82) is 0 Å². The summed E-state index contributed by atoms with van der Waals surface area (Å²) in [5.41, 5.74) is -0.558. The summed E-state index contributed by atoms with van der Waals surface area (Å²) in [7, 11) is 2.05. The van der Waals surface area contributed by atoms with Crippen molar-refractivity contribution >= 4 is 11.8 Å². The van der Waals surface area contributed by atoms with E-state index in [1.807, 2.05) is 42.3 Å². The highest BCUT2D eigenvalue weighted by molar-refractivity contribution is 5.94. The lowest BCUT2D eigenvalue weighted by Gasteiger charge is -2.42. The van der Waals surface area contributed by atoms with E-state index in [0.717, 1.165) is 31.0 Å². The third-order valence-corrected chi connectivity index (χ3v) is 6.94. The maximum absolute atomic E-state index is 14.2. The molecule has 0 aliphatic carbocycles. The Labute approximate surface area is 199 Å². The molecule has 0 bridgehead atoms. The lowest BCUT2D eigenvalue weighted by atomic mass is 9.75. The Morgan fingerprint density at radius 3 is 2.24 bits per heavy atom. The van der Waals surface area contributed by atoms with Crippen LogP contribution in [0.2, 0.25) is 0 Å². The van der Waals surface area contributed by atoms with Gasteiger partial charge in [-0.05, 0) is 44.2 Å². The fourth-order valence-electron chi connectivity index (χ4n) is 4.63. The molecule has 2 amide bonds. The number of hydrogen-bond donors (Lipinski definition) is 0. The van der Waals surface area contributed by atoms with Crippen molar-refractivity contribution in [2.24, 2.45) is 5.41 Å². The van der Waals surface area contributed by atoms with Gasteiger partial charge in [0.25, 0.3) is 5.91 Å². The minimum Gasteiger partial charge on any atom is -0.493 e. The fraction of sp³-hybridized carbons (Fsp3) is 0.462. The molecule has 6 nitrogen and oxygen atoms in total. The molecular weight excluding hydrogens is 440 g/mol. The molecule has 2 saturated heterocycles. The Balaban J connectivity index is 1.45. The van der Waals surface area contributed by atoms with Crippen LogP contribution in [0.4, 0.5) is 8.78 Å². The fourth-order valence-corrected chi connectivity index (χ4v) is 4.63. The molecule has 2 aromatic rings. The topological polar surface area (TPSA) is 53.1 Å². The largest absolute Gasteiger partial charge is 0.493 e. The average molecular weight is 472 g/mol. The van der Waals surface area contributed by atoms with Crippen LogP contribution in [0.25, 0.3) is 0 Å². The smallest absolute Gasteiger partial charge is 0.256 e. The van der Waals surface area contributed by atoms with Crippen LogP contribution < -0.4 is 4.74 Å². The van der Waals surface area contributed by atoms with Crippen LogP contribution in [-0.2, 0) is 4.79 Å². The molecule has 0 aromatic heterocycles. The van der Waals surface area contributed by atoms with Gasteiger partial charge in [-0.25, -0.2) is 8.78 Å². The number of hydrogen-bond acceptors (Lipinski definition) is 4. The number of nitrogens with zero attached hydrogens (tertiary/aromatic N) is 3. The lowest BCUT2D eigenvalue weighted by Crippen LogP contribution is -2.51. The van der Waals surface area contributed by atoms with Gasteiger partial charge in [-0.1, -0.05) is 18.2 Å². The number of piperazine rings is 1. The van der Waals surface area contributed by atoms with Crippen LogP contribution in [0.1, 0.15) is 29.6 Å². The lowest BCUT2D eigenvalue weighted by molar-refractivity contribution is -0.136. The molecule has 0 N–H and O–H groups in total. The number of rotatable bonds is 6. The minimum absolute atomic E-state index is 0.106. The van der Waals surface area contributed by atoms with Gasteiger partial charge in [0.15, 0.2) is 0 Å². The third-order valence-electron chi connectivity index (χ3n) is 6.94. The highest BCUT2D eigenvalue weighted by Gasteiger charge is 2.40. The summed E-state index contributed by atoms with van der Waals surface area (Å²) in [6.07, 6.45) is 1.47. The van der Waals surface area contributed by atoms with E-state index in [9.17, 15) is 18.4 Å². The normalized spacial score (nSPS) is 18.6. The third kappa shape index (κ3) is 5.73. The minimum atomic E-state index is -0.862. The van der Waals surface area contributed by atoms with Gasteiger partial charge in [0.05, 0.1) is 12.2 Å². The van der Waals surface area contributed by atoms with Crippen LogP contribution >= 0.6 is 0 Å². The highest BCUT2D eigenvalue weighted by atomic mass is 19.1. The molecule has 0 atom stereocenters. The summed E-state index contributed by atoms with van der Waals surface area (Å²) in [5, 5.41) is 0. The number of likely N-dealkylation sites (N-methyl/N-ethyl adjacent to an activating group) is 1. The summed E-state index contributed by atoms with van der Waals surface area (Å²) >= 11 is 0. The monoisotopic (exact) mass is 471 g/mol. The molecule has 0 saturated carbocycles. The number of benzene rings is 2. The molecule has 0 radical (unpaired) electrons. The zero-order valence-corrected chi connectivity index (χ0v) is 19.5. The number of para-hydroxylation sites is 1. The van der Waals surface area contributed by atoms with Gasteiger partial charge in [-0.3, -0.25) is 9.59 Å². The molecule has 2 aliphatic heterocycles. The van der Waals surface area contributed by atoms with E-state index in [2.05, 4.69) is 4.90 Å². The van der Waals surface area contributed by atoms with Crippen LogP contribution in [0.15, 0.2) is 48.5 Å². The molecule has 0 unspecified atom stereocenters. The van der Waals surface area contributed by atoms with Crippen LogP contribution in [0.3, 0.4) is 0 Å². The van der Waals surface area contributed by atoms with E-state index in [-0.39, 0.29) is 11.5 Å². The quantitative estimate of drug-likeness (QED) is 0.648. The van der Waals surface area contributed by atoms with E-state index >= 15 is 0 Å². The van der Waals surface area contributed by atoms with E-state index < -0.39 is 23.0 Å². The van der Waals surface area contributed by atoms with Crippen LogP contribution in [-0.4, -0.2) is 79.4 Å². The van der Waals surface area contributed by atoms with E-state index in [4.69, 9.17) is 4.74 Å². The Morgan fingerprint density at radius 1 is 0.912 bits per heavy atom. The second kappa shape index (κ2) is 10.5. The van der Waals surface area contributed by atoms with Crippen molar-refractivity contribution in [2.45, 2.75) is 19.3 Å². The van der Waals surface area contributed by atoms with Gasteiger partial charge >= 0.3 is 0 Å². The van der Waals surface area contributed by atoms with Crippen molar-refractivity contribution in [3.05, 3.63) is 65.7 Å². The van der Waals surface area contributed by atoms with Crippen molar-refractivity contribution in [3.8, 4) is 5.75 Å². The maximum atomic E-state index is 14.2. The second-order valence-corrected chi connectivity index (χ2v) is 9.38. The number of halogens is 2. The molecule has 2 aromatic carbocycles. The molecule has 2 heterocycles. The highest BCUT2D eigenvalue weighted by Crippen LogP contribution is 2.37. The van der Waals surface area contributed by atoms with Crippen molar-refractivity contribution < 1.29 is 23.1 Å². The summed E-state index contributed by atoms with van der Waals surface area (Å²) in [6.45, 7) is 4.24. The first-order valence-corrected chi connectivity index (χ1v) is 11.7. The first-order valence-electron chi connectivity index (χ1n) is 11.7. The maximum Gasteiger partial charge on any atom is 0.256 e. The molecular formula is C26H31F2N3O3. The molecule has 4 rings (SSSR count). The number of ether oxygens (including phenoxy) is 1. The van der Waals surface area contributed by atoms with Crippen molar-refractivity contribution in [3.63, 3.8) is 0 Å². The zero-order valence-electron chi connectivity index (χ0n) is 19.5. The zero-order chi connectivity index (χ0) is 24.1. The van der Waals surface area contributed by atoms with Crippen molar-refractivity contribution in [2.75, 3.05) is 52.9 Å². The number of carbonyl (C=O) groups is 2. The van der Waals surface area contributed by atoms with Crippen LogP contribution in [0, 0.1) is 17.0 Å². The van der Waals surface area contributed by atoms with E-state index in [1.54, 1.807) is 4.90 Å². The summed E-state index contributed by atoms with van der Waals surface area (Å²) in [5.74, 6) is -1.19. The summed E-state index contributed by atoms with van der Waals surface area (Å²) < 4.78 is 33.5. The van der Waals surface area contributed by atoms with Gasteiger partial charge in [0.2, 0.25) is 5.91 Å². The van der Waals surface area contributed by atoms with Crippen LogP contribution in [0.5, 0.6) is 5.75 Å². The molecule has 2 fully saturated rings. The molecule has 8 heteroatoms. The SMILES string of the molecule is CN1CCN(C(=O)CC2(COc3ccccc3)CCN(C(=O)c3ccc(F)cc3F)CC2)CC1. The first kappa shape index (κ1) is 24.1. The molecule has 2 aliphatic rings. The number of likely N-dealkylation sites (tertiary alicyclic amines) is 1. The summed E-state index contributed by atoms with van der Waals surface area (Å²) in [4.78, 5) is 31.8. The van der Waals surface area contributed by atoms with E-state index in [1.165, 1.54) is 6.07 Å². The van der Waals surface area contributed by atoms with Crippen molar-refractivity contribution in [1.82, 2.24) is 14.7 Å². The van der Waals surface area contributed by atoms with E-state index in [0.29, 0.717) is 52.0 Å². The number of amides is 2. The Hall–Kier alpha value is -3.00.